The lowest BCUT2D eigenvalue weighted by Crippen LogP contribution is -2.22. The second-order valence-corrected chi connectivity index (χ2v) is 8.25. The molecule has 0 spiro atoms. The van der Waals surface area contributed by atoms with Crippen molar-refractivity contribution in [3.05, 3.63) is 47.5 Å². The average Bonchev–Trinajstić information content (AvgIpc) is 3.28. The molecule has 0 aliphatic heterocycles. The first-order valence-electron chi connectivity index (χ1n) is 10.4. The molecule has 0 N–H and O–H groups in total. The second kappa shape index (κ2) is 8.89. The van der Waals surface area contributed by atoms with Gasteiger partial charge in [0.15, 0.2) is 0 Å². The maximum Gasteiger partial charge on any atom is 0.113 e. The highest BCUT2D eigenvalue weighted by molar-refractivity contribution is 5.75. The summed E-state index contributed by atoms with van der Waals surface area (Å²) in [4.78, 5) is 4.75. The van der Waals surface area contributed by atoms with Crippen molar-refractivity contribution in [2.75, 3.05) is 27.2 Å². The summed E-state index contributed by atoms with van der Waals surface area (Å²) in [5.74, 6) is 0. The summed E-state index contributed by atoms with van der Waals surface area (Å²) in [5, 5.41) is 16.6. The van der Waals surface area contributed by atoms with E-state index in [0.717, 1.165) is 48.2 Å². The molecule has 0 atom stereocenters. The number of hydrogen-bond acceptors (Lipinski definition) is 6. The van der Waals surface area contributed by atoms with Crippen LogP contribution in [0.2, 0.25) is 0 Å². The minimum atomic E-state index is 0.931. The van der Waals surface area contributed by atoms with E-state index >= 15 is 0 Å². The predicted molar refractivity (Wildman–Crippen MR) is 119 cm³/mol. The molecule has 0 radical (unpaired) electrons. The molecule has 2 aromatic carbocycles. The van der Waals surface area contributed by atoms with Crippen LogP contribution in [0.4, 0.5) is 0 Å². The van der Waals surface area contributed by atoms with Crippen LogP contribution < -0.4 is 0 Å². The van der Waals surface area contributed by atoms with Gasteiger partial charge < -0.3 is 9.80 Å². The van der Waals surface area contributed by atoms with Crippen LogP contribution in [0.15, 0.2) is 36.4 Å². The van der Waals surface area contributed by atoms with E-state index in [4.69, 9.17) is 0 Å². The van der Waals surface area contributed by atoms with Crippen LogP contribution in [0.1, 0.15) is 24.0 Å². The van der Waals surface area contributed by atoms with E-state index in [0.29, 0.717) is 0 Å². The summed E-state index contributed by atoms with van der Waals surface area (Å²) in [7, 11) is 8.21. The van der Waals surface area contributed by atoms with E-state index < -0.39 is 0 Å². The number of nitrogens with zero attached hydrogens (tertiary/aromatic N) is 8. The third kappa shape index (κ3) is 4.66. The summed E-state index contributed by atoms with van der Waals surface area (Å²) >= 11 is 0. The van der Waals surface area contributed by atoms with Crippen LogP contribution in [0.3, 0.4) is 0 Å². The van der Waals surface area contributed by atoms with Gasteiger partial charge in [-0.2, -0.15) is 0 Å². The number of fused-ring (bicyclic) bond motifs is 2. The molecular weight excluding hydrogens is 376 g/mol. The summed E-state index contributed by atoms with van der Waals surface area (Å²) in [6.07, 6.45) is 2.36. The van der Waals surface area contributed by atoms with Gasteiger partial charge in [0.2, 0.25) is 0 Å². The van der Waals surface area contributed by atoms with E-state index in [1.54, 1.807) is 0 Å². The quantitative estimate of drug-likeness (QED) is 0.398. The number of rotatable bonds is 9. The molecule has 0 fully saturated rings. The monoisotopic (exact) mass is 406 g/mol. The van der Waals surface area contributed by atoms with Crippen molar-refractivity contribution in [3.8, 4) is 0 Å². The Bertz CT molecular complexity index is 1040. The van der Waals surface area contributed by atoms with Gasteiger partial charge in [-0.05, 0) is 75.4 Å². The molecule has 0 aliphatic carbocycles. The molecule has 2 aromatic heterocycles. The zero-order valence-electron chi connectivity index (χ0n) is 18.3. The van der Waals surface area contributed by atoms with Gasteiger partial charge in [-0.1, -0.05) is 22.6 Å². The standard InChI is InChI=1S/C22H30N8/c1-27(15-17-7-9-21-19(13-17)23-25-29(21)3)11-5-6-12-28(2)16-18-8-10-22-20(14-18)24-26-30(22)4/h7-10,13-14H,5-6,11-12,15-16H2,1-4H3. The highest BCUT2D eigenvalue weighted by Crippen LogP contribution is 2.15. The number of benzene rings is 2. The zero-order valence-corrected chi connectivity index (χ0v) is 18.3. The van der Waals surface area contributed by atoms with Crippen LogP contribution in [0.25, 0.3) is 22.1 Å². The summed E-state index contributed by atoms with van der Waals surface area (Å²) in [5.41, 5.74) is 6.63. The van der Waals surface area contributed by atoms with E-state index in [2.05, 4.69) is 80.9 Å². The summed E-state index contributed by atoms with van der Waals surface area (Å²) in [6, 6.07) is 12.8. The molecule has 0 saturated heterocycles. The molecular formula is C22H30N8. The molecule has 158 valence electrons. The van der Waals surface area contributed by atoms with Crippen molar-refractivity contribution in [2.24, 2.45) is 14.1 Å². The highest BCUT2D eigenvalue weighted by Gasteiger charge is 2.07. The van der Waals surface area contributed by atoms with Crippen molar-refractivity contribution >= 4 is 22.1 Å². The number of aryl methyl sites for hydroxylation is 2. The third-order valence-electron chi connectivity index (χ3n) is 5.58. The summed E-state index contributed by atoms with van der Waals surface area (Å²) < 4.78 is 3.62. The Hall–Kier alpha value is -2.84. The molecule has 30 heavy (non-hydrogen) atoms. The number of hydrogen-bond donors (Lipinski definition) is 0. The first kappa shape index (κ1) is 20.4. The zero-order chi connectivity index (χ0) is 21.1. The maximum atomic E-state index is 4.21. The lowest BCUT2D eigenvalue weighted by atomic mass is 10.1. The Morgan fingerprint density at radius 1 is 0.700 bits per heavy atom. The van der Waals surface area contributed by atoms with E-state index in [1.165, 1.54) is 24.0 Å². The normalized spacial score (nSPS) is 12.1. The van der Waals surface area contributed by atoms with Gasteiger partial charge in [0, 0.05) is 27.2 Å². The van der Waals surface area contributed by atoms with Crippen molar-refractivity contribution in [1.82, 2.24) is 39.8 Å². The van der Waals surface area contributed by atoms with Crippen LogP contribution in [-0.4, -0.2) is 67.0 Å². The average molecular weight is 407 g/mol. The van der Waals surface area contributed by atoms with Gasteiger partial charge in [0.05, 0.1) is 11.0 Å². The highest BCUT2D eigenvalue weighted by atomic mass is 15.4. The second-order valence-electron chi connectivity index (χ2n) is 8.25. The fourth-order valence-electron chi connectivity index (χ4n) is 3.91. The van der Waals surface area contributed by atoms with Crippen LogP contribution in [0, 0.1) is 0 Å². The Labute approximate surface area is 177 Å². The summed E-state index contributed by atoms with van der Waals surface area (Å²) in [6.45, 7) is 4.02. The van der Waals surface area contributed by atoms with Gasteiger partial charge >= 0.3 is 0 Å². The van der Waals surface area contributed by atoms with Crippen molar-refractivity contribution in [2.45, 2.75) is 25.9 Å². The molecule has 8 heteroatoms. The Morgan fingerprint density at radius 3 is 1.57 bits per heavy atom. The molecule has 8 nitrogen and oxygen atoms in total. The fraction of sp³-hybridized carbons (Fsp3) is 0.455. The Morgan fingerprint density at radius 2 is 1.13 bits per heavy atom. The van der Waals surface area contributed by atoms with Crippen LogP contribution in [-0.2, 0) is 27.2 Å². The lowest BCUT2D eigenvalue weighted by molar-refractivity contribution is 0.285. The van der Waals surface area contributed by atoms with Gasteiger partial charge in [0.1, 0.15) is 11.0 Å². The molecule has 0 aliphatic rings. The molecule has 0 amide bonds. The van der Waals surface area contributed by atoms with Crippen molar-refractivity contribution in [1.29, 1.82) is 0 Å². The lowest BCUT2D eigenvalue weighted by Gasteiger charge is -2.19. The molecule has 4 aromatic rings. The first-order valence-corrected chi connectivity index (χ1v) is 10.4. The number of unbranched alkanes of at least 4 members (excludes halogenated alkanes) is 1. The number of aromatic nitrogens is 6. The minimum absolute atomic E-state index is 0.931. The molecule has 0 unspecified atom stereocenters. The van der Waals surface area contributed by atoms with Gasteiger partial charge in [-0.15, -0.1) is 10.2 Å². The predicted octanol–water partition coefficient (Wildman–Crippen LogP) is 2.59. The SMILES string of the molecule is CN(CCCCN(C)Cc1ccc2c(c1)nnn2C)Cc1ccc2c(c1)nnn2C. The van der Waals surface area contributed by atoms with Gasteiger partial charge in [-0.25, -0.2) is 9.36 Å². The van der Waals surface area contributed by atoms with E-state index in [1.807, 2.05) is 23.5 Å². The first-order chi connectivity index (χ1) is 14.5. The van der Waals surface area contributed by atoms with Gasteiger partial charge in [-0.3, -0.25) is 0 Å². The Balaban J connectivity index is 1.19. The van der Waals surface area contributed by atoms with Crippen molar-refractivity contribution < 1.29 is 0 Å². The Kier molecular flexibility index (Phi) is 6.06. The molecule has 0 bridgehead atoms. The van der Waals surface area contributed by atoms with Gasteiger partial charge in [0.25, 0.3) is 0 Å². The smallest absolute Gasteiger partial charge is 0.113 e. The largest absolute Gasteiger partial charge is 0.302 e. The minimum Gasteiger partial charge on any atom is -0.302 e. The fourth-order valence-corrected chi connectivity index (χ4v) is 3.91. The molecule has 2 heterocycles. The van der Waals surface area contributed by atoms with Crippen LogP contribution >= 0.6 is 0 Å². The maximum absolute atomic E-state index is 4.21. The molecule has 0 saturated carbocycles. The van der Waals surface area contributed by atoms with E-state index in [9.17, 15) is 0 Å². The van der Waals surface area contributed by atoms with E-state index in [-0.39, 0.29) is 0 Å². The third-order valence-corrected chi connectivity index (χ3v) is 5.58. The van der Waals surface area contributed by atoms with Crippen molar-refractivity contribution in [3.63, 3.8) is 0 Å². The molecule has 4 rings (SSSR count). The topological polar surface area (TPSA) is 67.9 Å². The van der Waals surface area contributed by atoms with Crippen LogP contribution in [0.5, 0.6) is 0 Å².